The fourth-order valence-electron chi connectivity index (χ4n) is 5.35. The average molecular weight is 794 g/mol. The van der Waals surface area contributed by atoms with Crippen LogP contribution >= 0.6 is 0 Å². The summed E-state index contributed by atoms with van der Waals surface area (Å²) >= 11 is 0. The predicted octanol–water partition coefficient (Wildman–Crippen LogP) is -0.543. The number of amides is 3. The van der Waals surface area contributed by atoms with Gasteiger partial charge in [0.15, 0.2) is 0 Å². The molecule has 0 spiro atoms. The lowest BCUT2D eigenvalue weighted by molar-refractivity contribution is -0.143. The number of rotatable bonds is 25. The van der Waals surface area contributed by atoms with Crippen molar-refractivity contribution < 1.29 is 58.7 Å². The van der Waals surface area contributed by atoms with Crippen LogP contribution in [0.3, 0.4) is 0 Å². The van der Waals surface area contributed by atoms with Gasteiger partial charge < -0.3 is 36.2 Å². The van der Waals surface area contributed by atoms with E-state index in [9.17, 15) is 33.6 Å². The van der Waals surface area contributed by atoms with E-state index in [1.54, 1.807) is 36.4 Å². The van der Waals surface area contributed by atoms with Gasteiger partial charge in [-0.25, -0.2) is 0 Å². The van der Waals surface area contributed by atoms with Gasteiger partial charge in [-0.1, -0.05) is 54.6 Å². The molecule has 0 radical (unpaired) electrons. The summed E-state index contributed by atoms with van der Waals surface area (Å²) in [4.78, 5) is 86.9. The summed E-state index contributed by atoms with van der Waals surface area (Å²) in [5, 5.41) is 39.3. The summed E-state index contributed by atoms with van der Waals surface area (Å²) in [6, 6.07) is 22.1. The minimum absolute atomic E-state index is 0.00527. The number of nitrogens with one attached hydrogen (secondary N) is 3. The summed E-state index contributed by atoms with van der Waals surface area (Å²) in [7, 11) is 0. The van der Waals surface area contributed by atoms with Gasteiger partial charge in [0.05, 0.1) is 38.8 Å². The zero-order chi connectivity index (χ0) is 41.7. The van der Waals surface area contributed by atoms with Gasteiger partial charge in [0, 0.05) is 38.3 Å². The molecule has 19 nitrogen and oxygen atoms in total. The maximum Gasteiger partial charge on any atom is 0.317 e. The zero-order valence-electron chi connectivity index (χ0n) is 31.0. The number of carboxylic acid groups (broad SMARTS) is 4. The van der Waals surface area contributed by atoms with E-state index in [1.807, 2.05) is 30.3 Å². The molecule has 3 aromatic rings. The fourth-order valence-corrected chi connectivity index (χ4v) is 5.35. The highest BCUT2D eigenvalue weighted by Crippen LogP contribution is 2.15. The predicted molar refractivity (Wildman–Crippen MR) is 203 cm³/mol. The molecule has 0 bridgehead atoms. The molecule has 57 heavy (non-hydrogen) atoms. The Hall–Kier alpha value is -6.41. The van der Waals surface area contributed by atoms with Crippen LogP contribution in [0.2, 0.25) is 0 Å². The van der Waals surface area contributed by atoms with Crippen LogP contribution in [0.4, 0.5) is 0 Å². The first kappa shape index (κ1) is 45.0. The molecule has 0 aliphatic heterocycles. The van der Waals surface area contributed by atoms with Gasteiger partial charge >= 0.3 is 23.9 Å². The van der Waals surface area contributed by atoms with Crippen molar-refractivity contribution in [2.75, 3.05) is 58.9 Å². The standard InChI is InChI=1S/C38H47N7O12/c39-31(18-26-8-12-30(13-9-26)57-25-28-4-2-1-3-5-28)38(56)42-41-37(55)29-10-6-27(7-11-29)19-40-32(46)20-43(14-16-44(21-33(47)48)22-34(49)50)15-17-45(23-35(51)52)24-36(53)54/h1-13,31H,14-25,39H2,(H,40,46)(H,41,55)(H,42,56)(H,47,48)(H,49,50)(H,51,52)(H,53,54)/t31-/m1/s1. The van der Waals surface area contributed by atoms with Gasteiger partial charge in [0.1, 0.15) is 12.4 Å². The summed E-state index contributed by atoms with van der Waals surface area (Å²) in [5.74, 6) is -6.07. The minimum atomic E-state index is -1.26. The summed E-state index contributed by atoms with van der Waals surface area (Å²) in [6.45, 7) is -2.25. The van der Waals surface area contributed by atoms with Crippen LogP contribution in [-0.2, 0) is 48.3 Å². The van der Waals surface area contributed by atoms with Crippen molar-refractivity contribution in [3.63, 3.8) is 0 Å². The Morgan fingerprint density at radius 3 is 1.58 bits per heavy atom. The highest BCUT2D eigenvalue weighted by molar-refractivity contribution is 5.96. The Morgan fingerprint density at radius 1 is 0.579 bits per heavy atom. The van der Waals surface area contributed by atoms with Crippen molar-refractivity contribution in [2.24, 2.45) is 5.73 Å². The molecule has 0 saturated heterocycles. The molecular weight excluding hydrogens is 746 g/mol. The van der Waals surface area contributed by atoms with Gasteiger partial charge in [0.2, 0.25) is 5.91 Å². The second-order valence-electron chi connectivity index (χ2n) is 12.9. The number of hydrogen-bond donors (Lipinski definition) is 8. The molecule has 9 N–H and O–H groups in total. The Labute approximate surface area is 328 Å². The first-order valence-corrected chi connectivity index (χ1v) is 17.7. The topological polar surface area (TPSA) is 281 Å². The zero-order valence-corrected chi connectivity index (χ0v) is 31.0. The third kappa shape index (κ3) is 18.2. The first-order valence-electron chi connectivity index (χ1n) is 17.7. The van der Waals surface area contributed by atoms with Crippen LogP contribution in [0, 0.1) is 0 Å². The summed E-state index contributed by atoms with van der Waals surface area (Å²) in [6.07, 6.45) is 0.209. The molecule has 0 aromatic heterocycles. The molecule has 0 unspecified atom stereocenters. The third-order valence-corrected chi connectivity index (χ3v) is 8.24. The molecule has 3 amide bonds. The lowest BCUT2D eigenvalue weighted by Crippen LogP contribution is -2.50. The van der Waals surface area contributed by atoms with E-state index < -0.39 is 73.8 Å². The number of carboxylic acids is 4. The van der Waals surface area contributed by atoms with E-state index in [1.165, 1.54) is 17.0 Å². The van der Waals surface area contributed by atoms with Crippen LogP contribution in [0.1, 0.15) is 27.0 Å². The molecule has 306 valence electrons. The number of nitrogens with zero attached hydrogens (tertiary/aromatic N) is 3. The van der Waals surface area contributed by atoms with Crippen LogP contribution in [0.5, 0.6) is 5.75 Å². The van der Waals surface area contributed by atoms with Crippen LogP contribution in [0.25, 0.3) is 0 Å². The highest BCUT2D eigenvalue weighted by Gasteiger charge is 2.20. The van der Waals surface area contributed by atoms with Crippen LogP contribution in [-0.4, -0.2) is 142 Å². The van der Waals surface area contributed by atoms with Gasteiger partial charge in [-0.05, 0) is 47.4 Å². The molecule has 3 rings (SSSR count). The molecular formula is C38H47N7O12. The highest BCUT2D eigenvalue weighted by atomic mass is 16.5. The van der Waals surface area contributed by atoms with E-state index in [4.69, 9.17) is 30.9 Å². The second-order valence-corrected chi connectivity index (χ2v) is 12.9. The molecule has 0 fully saturated rings. The van der Waals surface area contributed by atoms with Crippen molar-refractivity contribution in [3.8, 4) is 5.75 Å². The Balaban J connectivity index is 1.48. The summed E-state index contributed by atoms with van der Waals surface area (Å²) < 4.78 is 5.78. The van der Waals surface area contributed by atoms with Crippen molar-refractivity contribution >= 4 is 41.6 Å². The van der Waals surface area contributed by atoms with Crippen molar-refractivity contribution in [2.45, 2.75) is 25.6 Å². The van der Waals surface area contributed by atoms with E-state index in [0.29, 0.717) is 17.9 Å². The van der Waals surface area contributed by atoms with Crippen molar-refractivity contribution in [3.05, 3.63) is 101 Å². The molecule has 0 heterocycles. The average Bonchev–Trinajstić information content (AvgIpc) is 3.16. The normalized spacial score (nSPS) is 11.5. The number of nitrogens with two attached hydrogens (primary N) is 1. The largest absolute Gasteiger partial charge is 0.489 e. The number of benzene rings is 3. The smallest absolute Gasteiger partial charge is 0.317 e. The number of ether oxygens (including phenoxy) is 1. The maximum atomic E-state index is 12.9. The quantitative estimate of drug-likeness (QED) is 0.0500. The monoisotopic (exact) mass is 793 g/mol. The van der Waals surface area contributed by atoms with E-state index in [0.717, 1.165) is 20.9 Å². The van der Waals surface area contributed by atoms with E-state index in [2.05, 4.69) is 16.2 Å². The fraction of sp³-hybridized carbons (Fsp3) is 0.342. The van der Waals surface area contributed by atoms with Gasteiger partial charge in [-0.3, -0.25) is 59.1 Å². The van der Waals surface area contributed by atoms with Crippen molar-refractivity contribution in [1.29, 1.82) is 0 Å². The van der Waals surface area contributed by atoms with Crippen LogP contribution in [0.15, 0.2) is 78.9 Å². The lowest BCUT2D eigenvalue weighted by Gasteiger charge is -2.28. The number of hydrazine groups is 1. The molecule has 3 aromatic carbocycles. The minimum Gasteiger partial charge on any atom is -0.489 e. The van der Waals surface area contributed by atoms with E-state index >= 15 is 0 Å². The number of hydrogen-bond acceptors (Lipinski definition) is 12. The Kier molecular flexibility index (Phi) is 18.5. The molecule has 19 heteroatoms. The molecule has 0 saturated carbocycles. The third-order valence-electron chi connectivity index (χ3n) is 8.24. The number of carbonyl (C=O) groups excluding carboxylic acids is 3. The van der Waals surface area contributed by atoms with Gasteiger partial charge in [-0.2, -0.15) is 0 Å². The number of aliphatic carboxylic acids is 4. The maximum absolute atomic E-state index is 12.9. The SMILES string of the molecule is N[C@H](Cc1ccc(OCc2ccccc2)cc1)C(=O)NNC(=O)c1ccc(CNC(=O)CN(CCN(CC(=O)O)CC(=O)O)CCN(CC(=O)O)CC(=O)O)cc1. The Bertz CT molecular complexity index is 1740. The first-order chi connectivity index (χ1) is 27.2. The second kappa shape index (κ2) is 23.5. The van der Waals surface area contributed by atoms with Crippen LogP contribution < -0.4 is 26.6 Å². The van der Waals surface area contributed by atoms with Crippen molar-refractivity contribution in [1.82, 2.24) is 30.9 Å². The van der Waals surface area contributed by atoms with Gasteiger partial charge in [0.25, 0.3) is 11.8 Å². The summed E-state index contributed by atoms with van der Waals surface area (Å²) in [5.41, 5.74) is 13.3. The molecule has 1 atom stereocenters. The van der Waals surface area contributed by atoms with Gasteiger partial charge in [-0.15, -0.1) is 0 Å². The number of carbonyl (C=O) groups is 7. The van der Waals surface area contributed by atoms with E-state index in [-0.39, 0.29) is 51.3 Å². The Morgan fingerprint density at radius 2 is 1.07 bits per heavy atom. The molecule has 0 aliphatic rings. The lowest BCUT2D eigenvalue weighted by atomic mass is 10.1. The molecule has 0 aliphatic carbocycles.